The van der Waals surface area contributed by atoms with Gasteiger partial charge < -0.3 is 4.74 Å². The topological polar surface area (TPSA) is 33.0 Å². The van der Waals surface area contributed by atoms with Crippen LogP contribution in [0.4, 0.5) is 0 Å². The van der Waals surface area contributed by atoms with E-state index in [0.29, 0.717) is 0 Å². The standard InChI is InChI=1S/C8H15NOS/c1-8(6-9)7-11-5-3-4-10-2/h8H,3-5,7H2,1-2H3. The van der Waals surface area contributed by atoms with E-state index in [2.05, 4.69) is 6.07 Å². The molecule has 0 aromatic rings. The van der Waals surface area contributed by atoms with E-state index in [4.69, 9.17) is 10.00 Å². The van der Waals surface area contributed by atoms with Crippen molar-refractivity contribution in [2.24, 2.45) is 5.92 Å². The Morgan fingerprint density at radius 1 is 1.64 bits per heavy atom. The molecule has 1 atom stereocenters. The molecule has 0 N–H and O–H groups in total. The lowest BCUT2D eigenvalue weighted by Crippen LogP contribution is -1.96. The molecule has 0 radical (unpaired) electrons. The van der Waals surface area contributed by atoms with E-state index in [1.54, 1.807) is 7.11 Å². The Bertz CT molecular complexity index is 122. The van der Waals surface area contributed by atoms with Crippen LogP contribution in [0.25, 0.3) is 0 Å². The molecule has 0 fully saturated rings. The van der Waals surface area contributed by atoms with E-state index in [-0.39, 0.29) is 5.92 Å². The summed E-state index contributed by atoms with van der Waals surface area (Å²) in [6.07, 6.45) is 1.08. The summed E-state index contributed by atoms with van der Waals surface area (Å²) < 4.78 is 4.90. The van der Waals surface area contributed by atoms with Crippen LogP contribution in [-0.4, -0.2) is 25.2 Å². The molecule has 0 heterocycles. The average molecular weight is 173 g/mol. The van der Waals surface area contributed by atoms with Crippen molar-refractivity contribution in [3.8, 4) is 6.07 Å². The second kappa shape index (κ2) is 7.90. The summed E-state index contributed by atoms with van der Waals surface area (Å²) >= 11 is 1.82. The monoisotopic (exact) mass is 173 g/mol. The zero-order chi connectivity index (χ0) is 8.53. The molecule has 0 aromatic heterocycles. The van der Waals surface area contributed by atoms with Crippen LogP contribution in [0.1, 0.15) is 13.3 Å². The smallest absolute Gasteiger partial charge is 0.0661 e. The van der Waals surface area contributed by atoms with Gasteiger partial charge in [0.05, 0.1) is 12.0 Å². The number of hydrogen-bond donors (Lipinski definition) is 0. The van der Waals surface area contributed by atoms with Crippen molar-refractivity contribution in [1.82, 2.24) is 0 Å². The van der Waals surface area contributed by atoms with E-state index >= 15 is 0 Å². The van der Waals surface area contributed by atoms with E-state index in [9.17, 15) is 0 Å². The van der Waals surface area contributed by atoms with Crippen LogP contribution >= 0.6 is 11.8 Å². The zero-order valence-corrected chi connectivity index (χ0v) is 7.99. The maximum absolute atomic E-state index is 8.45. The van der Waals surface area contributed by atoms with Crippen molar-refractivity contribution in [2.75, 3.05) is 25.2 Å². The third-order valence-electron chi connectivity index (χ3n) is 1.23. The molecule has 0 bridgehead atoms. The van der Waals surface area contributed by atoms with Crippen molar-refractivity contribution in [2.45, 2.75) is 13.3 Å². The third-order valence-corrected chi connectivity index (χ3v) is 2.54. The minimum Gasteiger partial charge on any atom is -0.385 e. The Hall–Kier alpha value is -0.200. The normalized spacial score (nSPS) is 12.5. The average Bonchev–Trinajstić information content (AvgIpc) is 2.04. The highest BCUT2D eigenvalue weighted by Crippen LogP contribution is 2.08. The van der Waals surface area contributed by atoms with Crippen molar-refractivity contribution >= 4 is 11.8 Å². The molecule has 2 nitrogen and oxygen atoms in total. The quantitative estimate of drug-likeness (QED) is 0.575. The van der Waals surface area contributed by atoms with E-state index < -0.39 is 0 Å². The first-order valence-electron chi connectivity index (χ1n) is 3.77. The first kappa shape index (κ1) is 10.8. The first-order valence-corrected chi connectivity index (χ1v) is 4.93. The van der Waals surface area contributed by atoms with Gasteiger partial charge in [-0.05, 0) is 19.1 Å². The van der Waals surface area contributed by atoms with E-state index in [0.717, 1.165) is 24.5 Å². The number of hydrogen-bond acceptors (Lipinski definition) is 3. The zero-order valence-electron chi connectivity index (χ0n) is 7.17. The van der Waals surface area contributed by atoms with Gasteiger partial charge in [0.15, 0.2) is 0 Å². The molecule has 11 heavy (non-hydrogen) atoms. The maximum atomic E-state index is 8.45. The van der Waals surface area contributed by atoms with E-state index in [1.165, 1.54) is 0 Å². The summed E-state index contributed by atoms with van der Waals surface area (Å²) in [6.45, 7) is 2.78. The van der Waals surface area contributed by atoms with Crippen LogP contribution in [-0.2, 0) is 4.74 Å². The number of methoxy groups -OCH3 is 1. The molecule has 0 spiro atoms. The summed E-state index contributed by atoms with van der Waals surface area (Å²) in [6, 6.07) is 2.20. The van der Waals surface area contributed by atoms with Crippen LogP contribution in [0.2, 0.25) is 0 Å². The first-order chi connectivity index (χ1) is 5.31. The summed E-state index contributed by atoms with van der Waals surface area (Å²) in [7, 11) is 1.71. The van der Waals surface area contributed by atoms with Gasteiger partial charge in [-0.15, -0.1) is 0 Å². The highest BCUT2D eigenvalue weighted by Gasteiger charge is 1.97. The lowest BCUT2D eigenvalue weighted by molar-refractivity contribution is 0.200. The van der Waals surface area contributed by atoms with Gasteiger partial charge in [0, 0.05) is 19.5 Å². The van der Waals surface area contributed by atoms with Crippen molar-refractivity contribution in [3.05, 3.63) is 0 Å². The molecule has 0 aliphatic carbocycles. The lowest BCUT2D eigenvalue weighted by atomic mass is 10.3. The largest absolute Gasteiger partial charge is 0.385 e. The molecular formula is C8H15NOS. The fourth-order valence-corrected chi connectivity index (χ4v) is 1.52. The van der Waals surface area contributed by atoms with Gasteiger partial charge in [-0.25, -0.2) is 0 Å². The Morgan fingerprint density at radius 2 is 2.36 bits per heavy atom. The van der Waals surface area contributed by atoms with Crippen LogP contribution in [0.5, 0.6) is 0 Å². The summed E-state index contributed by atoms with van der Waals surface area (Å²) in [5.74, 6) is 2.22. The fraction of sp³-hybridized carbons (Fsp3) is 0.875. The molecule has 0 rings (SSSR count). The van der Waals surface area contributed by atoms with Gasteiger partial charge in [0.1, 0.15) is 0 Å². The molecule has 0 aliphatic rings. The van der Waals surface area contributed by atoms with Gasteiger partial charge in [-0.3, -0.25) is 0 Å². The van der Waals surface area contributed by atoms with Gasteiger partial charge >= 0.3 is 0 Å². The predicted molar refractivity (Wildman–Crippen MR) is 48.6 cm³/mol. The second-order valence-electron chi connectivity index (χ2n) is 2.45. The van der Waals surface area contributed by atoms with Gasteiger partial charge in [0.2, 0.25) is 0 Å². The van der Waals surface area contributed by atoms with Crippen molar-refractivity contribution < 1.29 is 4.74 Å². The second-order valence-corrected chi connectivity index (χ2v) is 3.60. The predicted octanol–water partition coefficient (Wildman–Crippen LogP) is 1.92. The van der Waals surface area contributed by atoms with Crippen molar-refractivity contribution in [3.63, 3.8) is 0 Å². The minimum absolute atomic E-state index is 0.183. The number of rotatable bonds is 6. The summed E-state index contributed by atoms with van der Waals surface area (Å²) in [5, 5.41) is 8.45. The van der Waals surface area contributed by atoms with E-state index in [1.807, 2.05) is 18.7 Å². The number of nitrogens with zero attached hydrogens (tertiary/aromatic N) is 1. The molecule has 0 saturated heterocycles. The van der Waals surface area contributed by atoms with Crippen LogP contribution in [0, 0.1) is 17.2 Å². The Balaban J connectivity index is 2.97. The molecule has 0 saturated carbocycles. The molecule has 0 aromatic carbocycles. The Labute approximate surface area is 72.9 Å². The van der Waals surface area contributed by atoms with Gasteiger partial charge in [0.25, 0.3) is 0 Å². The highest BCUT2D eigenvalue weighted by atomic mass is 32.2. The molecule has 1 unspecified atom stereocenters. The Morgan fingerprint density at radius 3 is 2.91 bits per heavy atom. The fourth-order valence-electron chi connectivity index (χ4n) is 0.603. The lowest BCUT2D eigenvalue weighted by Gasteiger charge is -2.01. The highest BCUT2D eigenvalue weighted by molar-refractivity contribution is 7.99. The van der Waals surface area contributed by atoms with Crippen LogP contribution in [0.15, 0.2) is 0 Å². The minimum atomic E-state index is 0.183. The number of ether oxygens (including phenoxy) is 1. The molecular weight excluding hydrogens is 158 g/mol. The molecule has 0 amide bonds. The summed E-state index contributed by atoms with van der Waals surface area (Å²) in [4.78, 5) is 0. The van der Waals surface area contributed by atoms with Crippen molar-refractivity contribution in [1.29, 1.82) is 5.26 Å². The maximum Gasteiger partial charge on any atom is 0.0661 e. The molecule has 3 heteroatoms. The Kier molecular flexibility index (Phi) is 7.76. The van der Waals surface area contributed by atoms with Crippen LogP contribution in [0.3, 0.4) is 0 Å². The van der Waals surface area contributed by atoms with Gasteiger partial charge in [-0.2, -0.15) is 17.0 Å². The van der Waals surface area contributed by atoms with Crippen LogP contribution < -0.4 is 0 Å². The van der Waals surface area contributed by atoms with Gasteiger partial charge in [-0.1, -0.05) is 0 Å². The molecule has 0 aliphatic heterocycles. The molecule has 64 valence electrons. The number of thioether (sulfide) groups is 1. The SMILES string of the molecule is COCCCSCC(C)C#N. The third kappa shape index (κ3) is 7.70. The summed E-state index contributed by atoms with van der Waals surface area (Å²) in [5.41, 5.74) is 0. The number of nitriles is 1.